The lowest BCUT2D eigenvalue weighted by Gasteiger charge is -2.27. The van der Waals surface area contributed by atoms with Crippen LogP contribution < -0.4 is 0 Å². The molecular formula is C17H18ClNO. The first-order valence-electron chi connectivity index (χ1n) is 6.68. The average molecular weight is 288 g/mol. The number of benzene rings is 2. The summed E-state index contributed by atoms with van der Waals surface area (Å²) in [6.45, 7) is 4.64. The summed E-state index contributed by atoms with van der Waals surface area (Å²) in [4.78, 5) is 14.5. The number of hydrogen-bond donors (Lipinski definition) is 0. The summed E-state index contributed by atoms with van der Waals surface area (Å²) < 4.78 is 0. The Morgan fingerprint density at radius 3 is 2.40 bits per heavy atom. The lowest BCUT2D eigenvalue weighted by molar-refractivity contribution is 0.0690. The maximum Gasteiger partial charge on any atom is 0.254 e. The van der Waals surface area contributed by atoms with Gasteiger partial charge in [0.15, 0.2) is 0 Å². The van der Waals surface area contributed by atoms with E-state index in [0.29, 0.717) is 17.1 Å². The van der Waals surface area contributed by atoms with Gasteiger partial charge in [-0.1, -0.05) is 48.0 Å². The van der Waals surface area contributed by atoms with E-state index in [1.165, 1.54) is 0 Å². The lowest BCUT2D eigenvalue weighted by Crippen LogP contribution is -2.36. The van der Waals surface area contributed by atoms with E-state index in [4.69, 9.17) is 11.6 Å². The fraction of sp³-hybridized carbons (Fsp3) is 0.235. The number of amides is 1. The minimum atomic E-state index is 0.00588. The number of carbonyl (C=O) groups is 1. The third-order valence-corrected chi connectivity index (χ3v) is 3.39. The smallest absolute Gasteiger partial charge is 0.254 e. The number of carbonyl (C=O) groups excluding carboxylic acids is 1. The van der Waals surface area contributed by atoms with Crippen LogP contribution in [0.1, 0.15) is 29.8 Å². The van der Waals surface area contributed by atoms with Gasteiger partial charge in [-0.3, -0.25) is 4.79 Å². The maximum absolute atomic E-state index is 12.6. The Morgan fingerprint density at radius 2 is 1.80 bits per heavy atom. The van der Waals surface area contributed by atoms with Crippen molar-refractivity contribution in [3.63, 3.8) is 0 Å². The van der Waals surface area contributed by atoms with Crippen molar-refractivity contribution in [3.8, 4) is 0 Å². The highest BCUT2D eigenvalue weighted by Gasteiger charge is 2.19. The first-order chi connectivity index (χ1) is 9.58. The van der Waals surface area contributed by atoms with E-state index in [9.17, 15) is 4.79 Å². The van der Waals surface area contributed by atoms with Crippen molar-refractivity contribution in [3.05, 3.63) is 70.7 Å². The van der Waals surface area contributed by atoms with Gasteiger partial charge in [0.1, 0.15) is 0 Å². The van der Waals surface area contributed by atoms with Crippen LogP contribution in [0.4, 0.5) is 0 Å². The molecule has 2 aromatic rings. The quantitative estimate of drug-likeness (QED) is 0.816. The molecule has 0 N–H and O–H groups in total. The fourth-order valence-electron chi connectivity index (χ4n) is 2.06. The zero-order chi connectivity index (χ0) is 14.5. The molecule has 2 nitrogen and oxygen atoms in total. The topological polar surface area (TPSA) is 20.3 Å². The van der Waals surface area contributed by atoms with Crippen molar-refractivity contribution in [2.75, 3.05) is 0 Å². The standard InChI is InChI=1S/C17H18ClNO/c1-13(2)19(12-14-7-4-3-5-8-14)17(20)15-9-6-10-16(18)11-15/h3-11,13H,12H2,1-2H3. The maximum atomic E-state index is 12.6. The van der Waals surface area contributed by atoms with Crippen LogP contribution in [0.25, 0.3) is 0 Å². The summed E-state index contributed by atoms with van der Waals surface area (Å²) in [6, 6.07) is 17.2. The Balaban J connectivity index is 2.23. The Bertz CT molecular complexity index is 581. The molecule has 0 bridgehead atoms. The zero-order valence-corrected chi connectivity index (χ0v) is 12.5. The molecule has 0 atom stereocenters. The predicted octanol–water partition coefficient (Wildman–Crippen LogP) is 4.39. The molecule has 2 aromatic carbocycles. The van der Waals surface area contributed by atoms with Gasteiger partial charge < -0.3 is 4.90 Å². The summed E-state index contributed by atoms with van der Waals surface area (Å²) in [7, 11) is 0. The molecule has 0 radical (unpaired) electrons. The van der Waals surface area contributed by atoms with Crippen LogP contribution in [0.2, 0.25) is 5.02 Å². The Morgan fingerprint density at radius 1 is 1.10 bits per heavy atom. The van der Waals surface area contributed by atoms with Crippen LogP contribution in [0.5, 0.6) is 0 Å². The van der Waals surface area contributed by atoms with E-state index < -0.39 is 0 Å². The normalized spacial score (nSPS) is 10.6. The van der Waals surface area contributed by atoms with Gasteiger partial charge in [-0.15, -0.1) is 0 Å². The Hall–Kier alpha value is -1.80. The molecule has 3 heteroatoms. The van der Waals surface area contributed by atoms with E-state index in [1.54, 1.807) is 24.3 Å². The van der Waals surface area contributed by atoms with Gasteiger partial charge in [-0.2, -0.15) is 0 Å². The minimum absolute atomic E-state index is 0.00588. The lowest BCUT2D eigenvalue weighted by atomic mass is 10.1. The van der Waals surface area contributed by atoms with Crippen molar-refractivity contribution < 1.29 is 4.79 Å². The molecule has 0 aliphatic rings. The molecule has 0 unspecified atom stereocenters. The fourth-order valence-corrected chi connectivity index (χ4v) is 2.25. The molecule has 0 saturated heterocycles. The number of hydrogen-bond acceptors (Lipinski definition) is 1. The van der Waals surface area contributed by atoms with Crippen molar-refractivity contribution in [1.82, 2.24) is 4.90 Å². The van der Waals surface area contributed by atoms with Crippen molar-refractivity contribution >= 4 is 17.5 Å². The summed E-state index contributed by atoms with van der Waals surface area (Å²) in [5.74, 6) is 0.00588. The molecule has 1 amide bonds. The van der Waals surface area contributed by atoms with Gasteiger partial charge in [0, 0.05) is 23.2 Å². The first kappa shape index (κ1) is 14.6. The number of rotatable bonds is 4. The van der Waals surface area contributed by atoms with Crippen molar-refractivity contribution in [1.29, 1.82) is 0 Å². The third-order valence-electron chi connectivity index (χ3n) is 3.15. The SMILES string of the molecule is CC(C)N(Cc1ccccc1)C(=O)c1cccc(Cl)c1. The number of nitrogens with zero attached hydrogens (tertiary/aromatic N) is 1. The summed E-state index contributed by atoms with van der Waals surface area (Å²) in [5, 5.41) is 0.583. The summed E-state index contributed by atoms with van der Waals surface area (Å²) >= 11 is 5.96. The largest absolute Gasteiger partial charge is 0.332 e. The van der Waals surface area contributed by atoms with Gasteiger partial charge in [0.25, 0.3) is 5.91 Å². The van der Waals surface area contributed by atoms with Gasteiger partial charge in [0.05, 0.1) is 0 Å². The van der Waals surface area contributed by atoms with Crippen molar-refractivity contribution in [2.24, 2.45) is 0 Å². The molecule has 2 rings (SSSR count). The van der Waals surface area contributed by atoms with Gasteiger partial charge in [-0.25, -0.2) is 0 Å². The van der Waals surface area contributed by atoms with E-state index in [0.717, 1.165) is 5.56 Å². The Kier molecular flexibility index (Phi) is 4.80. The molecule has 0 fully saturated rings. The highest BCUT2D eigenvalue weighted by atomic mass is 35.5. The second-order valence-electron chi connectivity index (χ2n) is 5.02. The van der Waals surface area contributed by atoms with Crippen LogP contribution in [0, 0.1) is 0 Å². The number of halogens is 1. The molecule has 0 saturated carbocycles. The minimum Gasteiger partial charge on any atom is -0.332 e. The average Bonchev–Trinajstić information content (AvgIpc) is 2.45. The highest BCUT2D eigenvalue weighted by Crippen LogP contribution is 2.16. The van der Waals surface area contributed by atoms with Crippen LogP contribution in [0.15, 0.2) is 54.6 Å². The van der Waals surface area contributed by atoms with Gasteiger partial charge >= 0.3 is 0 Å². The molecule has 20 heavy (non-hydrogen) atoms. The monoisotopic (exact) mass is 287 g/mol. The van der Waals surface area contributed by atoms with Crippen LogP contribution in [0.3, 0.4) is 0 Å². The van der Waals surface area contributed by atoms with Crippen LogP contribution >= 0.6 is 11.6 Å². The van der Waals surface area contributed by atoms with E-state index >= 15 is 0 Å². The molecule has 0 aliphatic heterocycles. The second kappa shape index (κ2) is 6.58. The van der Waals surface area contributed by atoms with Gasteiger partial charge in [0.2, 0.25) is 0 Å². The van der Waals surface area contributed by atoms with E-state index in [-0.39, 0.29) is 11.9 Å². The molecule has 0 aromatic heterocycles. The second-order valence-corrected chi connectivity index (χ2v) is 5.46. The third kappa shape index (κ3) is 3.61. The van der Waals surface area contributed by atoms with E-state index in [2.05, 4.69) is 0 Å². The highest BCUT2D eigenvalue weighted by molar-refractivity contribution is 6.30. The summed E-state index contributed by atoms with van der Waals surface area (Å²) in [6.07, 6.45) is 0. The molecular weight excluding hydrogens is 270 g/mol. The Labute approximate surface area is 125 Å². The van der Waals surface area contributed by atoms with Crippen molar-refractivity contribution in [2.45, 2.75) is 26.4 Å². The first-order valence-corrected chi connectivity index (χ1v) is 7.06. The summed E-state index contributed by atoms with van der Waals surface area (Å²) in [5.41, 5.74) is 1.75. The molecule has 0 spiro atoms. The molecule has 104 valence electrons. The molecule has 0 heterocycles. The molecule has 0 aliphatic carbocycles. The predicted molar refractivity (Wildman–Crippen MR) is 82.9 cm³/mol. The zero-order valence-electron chi connectivity index (χ0n) is 11.7. The van der Waals surface area contributed by atoms with Crippen LogP contribution in [-0.2, 0) is 6.54 Å². The van der Waals surface area contributed by atoms with Gasteiger partial charge in [-0.05, 0) is 37.6 Å². The van der Waals surface area contributed by atoms with Crippen LogP contribution in [-0.4, -0.2) is 16.8 Å². The van der Waals surface area contributed by atoms with E-state index in [1.807, 2.05) is 49.1 Å².